The number of nitrogens with one attached hydrogen (secondary N) is 1. The number of carboxylic acids is 1. The number of nitrogens with zero attached hydrogens (tertiary/aromatic N) is 2. The van der Waals surface area contributed by atoms with Crippen LogP contribution in [0.4, 0.5) is 17.2 Å². The van der Waals surface area contributed by atoms with E-state index in [9.17, 15) is 14.9 Å². The average Bonchev–Trinajstić information content (AvgIpc) is 2.48. The minimum absolute atomic E-state index is 0.0670. The van der Waals surface area contributed by atoms with Gasteiger partial charge in [0.05, 0.1) is 4.92 Å². The van der Waals surface area contributed by atoms with Gasteiger partial charge in [-0.2, -0.15) is 0 Å². The molecule has 0 aliphatic rings. The molecule has 2 aromatic rings. The molecule has 0 bridgehead atoms. The van der Waals surface area contributed by atoms with Gasteiger partial charge in [0.2, 0.25) is 0 Å². The summed E-state index contributed by atoms with van der Waals surface area (Å²) in [6, 6.07) is 8.40. The Morgan fingerprint density at radius 3 is 2.57 bits per heavy atom. The van der Waals surface area contributed by atoms with Crippen LogP contribution in [0, 0.1) is 10.1 Å². The van der Waals surface area contributed by atoms with Crippen molar-refractivity contribution in [2.75, 3.05) is 5.32 Å². The molecule has 0 saturated heterocycles. The van der Waals surface area contributed by atoms with Gasteiger partial charge in [-0.3, -0.25) is 10.1 Å². The molecule has 2 rings (SSSR count). The Kier molecular flexibility index (Phi) is 4.13. The van der Waals surface area contributed by atoms with Crippen LogP contribution in [0.25, 0.3) is 0 Å². The Morgan fingerprint density at radius 1 is 1.38 bits per heavy atom. The zero-order valence-corrected chi connectivity index (χ0v) is 11.2. The number of pyridine rings is 1. The number of aromatic nitrogens is 1. The van der Waals surface area contributed by atoms with Crippen molar-refractivity contribution in [3.05, 3.63) is 57.8 Å². The van der Waals surface area contributed by atoms with Crippen LogP contribution in [0.5, 0.6) is 0 Å². The van der Waals surface area contributed by atoms with Crippen LogP contribution in [0.15, 0.2) is 36.5 Å². The Morgan fingerprint density at radius 2 is 2.05 bits per heavy atom. The van der Waals surface area contributed by atoms with Crippen molar-refractivity contribution < 1.29 is 14.8 Å². The summed E-state index contributed by atoms with van der Waals surface area (Å²) in [5.41, 5.74) is 1.20. The van der Waals surface area contributed by atoms with Gasteiger partial charge >= 0.3 is 5.97 Å². The first kappa shape index (κ1) is 14.4. The predicted molar refractivity (Wildman–Crippen MR) is 77.0 cm³/mol. The van der Waals surface area contributed by atoms with E-state index in [4.69, 9.17) is 5.11 Å². The highest BCUT2D eigenvalue weighted by Crippen LogP contribution is 2.23. The van der Waals surface area contributed by atoms with Crippen LogP contribution in [-0.2, 0) is 6.42 Å². The SMILES string of the molecule is CCc1ccc(Nc2ncc([N+](=O)[O-])cc2C(=O)O)cc1. The van der Waals surface area contributed by atoms with Gasteiger partial charge in [0.25, 0.3) is 5.69 Å². The quantitative estimate of drug-likeness (QED) is 0.647. The summed E-state index contributed by atoms with van der Waals surface area (Å²) in [6.07, 6.45) is 1.92. The van der Waals surface area contributed by atoms with Crippen molar-refractivity contribution in [2.24, 2.45) is 0 Å². The Hall–Kier alpha value is -2.96. The van der Waals surface area contributed by atoms with E-state index in [2.05, 4.69) is 10.3 Å². The molecule has 0 unspecified atom stereocenters. The van der Waals surface area contributed by atoms with E-state index < -0.39 is 10.9 Å². The highest BCUT2D eigenvalue weighted by atomic mass is 16.6. The van der Waals surface area contributed by atoms with E-state index in [1.54, 1.807) is 12.1 Å². The fourth-order valence-electron chi connectivity index (χ4n) is 1.78. The van der Waals surface area contributed by atoms with Gasteiger partial charge in [0, 0.05) is 11.8 Å². The molecule has 21 heavy (non-hydrogen) atoms. The highest BCUT2D eigenvalue weighted by molar-refractivity contribution is 5.94. The van der Waals surface area contributed by atoms with Crippen molar-refractivity contribution in [3.63, 3.8) is 0 Å². The van der Waals surface area contributed by atoms with E-state index in [1.807, 2.05) is 19.1 Å². The van der Waals surface area contributed by atoms with E-state index in [1.165, 1.54) is 0 Å². The normalized spacial score (nSPS) is 10.1. The summed E-state index contributed by atoms with van der Waals surface area (Å²) in [6.45, 7) is 2.03. The molecule has 0 fully saturated rings. The van der Waals surface area contributed by atoms with Gasteiger partial charge in [0.15, 0.2) is 0 Å². The number of nitro groups is 1. The number of aromatic carboxylic acids is 1. The summed E-state index contributed by atoms with van der Waals surface area (Å²) in [7, 11) is 0. The lowest BCUT2D eigenvalue weighted by atomic mass is 10.1. The number of hydrogen-bond donors (Lipinski definition) is 2. The smallest absolute Gasteiger partial charge is 0.339 e. The summed E-state index contributed by atoms with van der Waals surface area (Å²) >= 11 is 0. The predicted octanol–water partition coefficient (Wildman–Crippen LogP) is 2.99. The Bertz CT molecular complexity index is 683. The highest BCUT2D eigenvalue weighted by Gasteiger charge is 2.17. The van der Waals surface area contributed by atoms with E-state index >= 15 is 0 Å². The molecule has 7 nitrogen and oxygen atoms in total. The lowest BCUT2D eigenvalue weighted by Gasteiger charge is -2.08. The molecule has 0 aliphatic heterocycles. The molecule has 1 heterocycles. The molecule has 7 heteroatoms. The zero-order valence-electron chi connectivity index (χ0n) is 11.2. The summed E-state index contributed by atoms with van der Waals surface area (Å²) in [4.78, 5) is 25.0. The van der Waals surface area contributed by atoms with Crippen LogP contribution in [0.2, 0.25) is 0 Å². The number of benzene rings is 1. The van der Waals surface area contributed by atoms with Crippen LogP contribution in [-0.4, -0.2) is 21.0 Å². The molecule has 0 spiro atoms. The average molecular weight is 287 g/mol. The van der Waals surface area contributed by atoms with Crippen molar-refractivity contribution in [1.82, 2.24) is 4.98 Å². The molecule has 1 aromatic carbocycles. The van der Waals surface area contributed by atoms with Gasteiger partial charge in [-0.15, -0.1) is 0 Å². The third-order valence-electron chi connectivity index (χ3n) is 2.94. The maximum absolute atomic E-state index is 11.2. The molecule has 0 amide bonds. The first-order valence-electron chi connectivity index (χ1n) is 6.25. The van der Waals surface area contributed by atoms with Crippen molar-refractivity contribution in [3.8, 4) is 0 Å². The van der Waals surface area contributed by atoms with E-state index in [0.29, 0.717) is 5.69 Å². The van der Waals surface area contributed by atoms with Crippen molar-refractivity contribution in [1.29, 1.82) is 0 Å². The van der Waals surface area contributed by atoms with Crippen molar-refractivity contribution in [2.45, 2.75) is 13.3 Å². The summed E-state index contributed by atoms with van der Waals surface area (Å²) in [5, 5.41) is 22.7. The molecule has 2 N–H and O–H groups in total. The second-order valence-electron chi connectivity index (χ2n) is 4.33. The molecule has 0 saturated carbocycles. The first-order valence-corrected chi connectivity index (χ1v) is 6.25. The van der Waals surface area contributed by atoms with Crippen LogP contribution < -0.4 is 5.32 Å². The lowest BCUT2D eigenvalue weighted by molar-refractivity contribution is -0.385. The number of anilines is 2. The van der Waals surface area contributed by atoms with Crippen LogP contribution in [0.3, 0.4) is 0 Å². The number of aryl methyl sites for hydroxylation is 1. The van der Waals surface area contributed by atoms with Gasteiger partial charge in [0.1, 0.15) is 17.6 Å². The molecule has 0 radical (unpaired) electrons. The second-order valence-corrected chi connectivity index (χ2v) is 4.33. The maximum Gasteiger partial charge on any atom is 0.339 e. The van der Waals surface area contributed by atoms with Gasteiger partial charge < -0.3 is 10.4 Å². The summed E-state index contributed by atoms with van der Waals surface area (Å²) < 4.78 is 0. The van der Waals surface area contributed by atoms with Crippen LogP contribution >= 0.6 is 0 Å². The lowest BCUT2D eigenvalue weighted by Crippen LogP contribution is -2.06. The molecule has 1 aromatic heterocycles. The van der Waals surface area contributed by atoms with E-state index in [0.717, 1.165) is 24.2 Å². The minimum Gasteiger partial charge on any atom is -0.478 e. The molecular weight excluding hydrogens is 274 g/mol. The fourth-order valence-corrected chi connectivity index (χ4v) is 1.78. The molecule has 0 atom stereocenters. The Balaban J connectivity index is 2.34. The largest absolute Gasteiger partial charge is 0.478 e. The van der Waals surface area contributed by atoms with Gasteiger partial charge in [-0.05, 0) is 24.1 Å². The minimum atomic E-state index is -1.28. The van der Waals surface area contributed by atoms with Gasteiger partial charge in [-0.25, -0.2) is 9.78 Å². The number of carboxylic acid groups (broad SMARTS) is 1. The third-order valence-corrected chi connectivity index (χ3v) is 2.94. The number of rotatable bonds is 5. The van der Waals surface area contributed by atoms with E-state index in [-0.39, 0.29) is 17.1 Å². The monoisotopic (exact) mass is 287 g/mol. The summed E-state index contributed by atoms with van der Waals surface area (Å²) in [5.74, 6) is -1.21. The zero-order chi connectivity index (χ0) is 15.4. The number of carbonyl (C=O) groups is 1. The van der Waals surface area contributed by atoms with Gasteiger partial charge in [-0.1, -0.05) is 19.1 Å². The fraction of sp³-hybridized carbons (Fsp3) is 0.143. The Labute approximate surface area is 120 Å². The van der Waals surface area contributed by atoms with Crippen LogP contribution in [0.1, 0.15) is 22.8 Å². The first-order chi connectivity index (χ1) is 10.0. The number of hydrogen-bond acceptors (Lipinski definition) is 5. The van der Waals surface area contributed by atoms with Crippen molar-refractivity contribution >= 4 is 23.2 Å². The molecular formula is C14H13N3O4. The maximum atomic E-state index is 11.2. The topological polar surface area (TPSA) is 105 Å². The third kappa shape index (κ3) is 3.33. The second kappa shape index (κ2) is 6.00. The molecule has 0 aliphatic carbocycles. The molecule has 108 valence electrons. The standard InChI is InChI=1S/C14H13N3O4/c1-2-9-3-5-10(6-4-9)16-13-12(14(18)19)7-11(8-15-13)17(20)21/h3-8H,2H2,1H3,(H,15,16)(H,18,19).